The average molecular weight is 562 g/mol. The van der Waals surface area contributed by atoms with Crippen molar-refractivity contribution >= 4 is 52.5 Å². The van der Waals surface area contributed by atoms with E-state index in [4.69, 9.17) is 15.0 Å². The molecule has 14 heteroatoms. The molecule has 1 aromatic carbocycles. The summed E-state index contributed by atoms with van der Waals surface area (Å²) in [5.41, 5.74) is 6.76. The van der Waals surface area contributed by atoms with Crippen LogP contribution in [0.3, 0.4) is 0 Å². The van der Waals surface area contributed by atoms with Crippen molar-refractivity contribution in [3.8, 4) is 0 Å². The minimum Gasteiger partial charge on any atom is -0.465 e. The van der Waals surface area contributed by atoms with Gasteiger partial charge in [-0.25, -0.2) is 19.6 Å². The first-order valence-corrected chi connectivity index (χ1v) is 13.0. The number of thiazole rings is 1. The number of nitrogens with zero attached hydrogens (tertiary/aromatic N) is 4. The van der Waals surface area contributed by atoms with Gasteiger partial charge < -0.3 is 26.2 Å². The zero-order valence-electron chi connectivity index (χ0n) is 22.2. The van der Waals surface area contributed by atoms with E-state index in [9.17, 15) is 14.4 Å². The van der Waals surface area contributed by atoms with E-state index >= 15 is 0 Å². The van der Waals surface area contributed by atoms with Gasteiger partial charge in [0.15, 0.2) is 5.13 Å². The summed E-state index contributed by atoms with van der Waals surface area (Å²) in [5.74, 6) is 0.142. The Morgan fingerprint density at radius 1 is 1.15 bits per heavy atom. The SMILES string of the molecule is CC(=O)Nc1nc(CCc2ccc(N=CNC(=O)O)cc2)c(CN2CCC(C(=O)N(C)C)CC2)s1.NC(=O)O. The largest absolute Gasteiger partial charge is 0.465 e. The second kappa shape index (κ2) is 15.4. The number of amides is 4. The molecule has 4 amide bonds. The molecule has 1 aromatic heterocycles. The lowest BCUT2D eigenvalue weighted by molar-refractivity contribution is -0.134. The van der Waals surface area contributed by atoms with Crippen molar-refractivity contribution in [1.29, 1.82) is 0 Å². The van der Waals surface area contributed by atoms with Gasteiger partial charge in [0.25, 0.3) is 0 Å². The van der Waals surface area contributed by atoms with E-state index in [0.29, 0.717) is 10.8 Å². The molecule has 2 aromatic rings. The Kier molecular flexibility index (Phi) is 12.3. The van der Waals surface area contributed by atoms with Gasteiger partial charge in [0.1, 0.15) is 0 Å². The molecule has 1 saturated heterocycles. The number of hydrogen-bond donors (Lipinski definition) is 5. The molecule has 0 bridgehead atoms. The van der Waals surface area contributed by atoms with Gasteiger partial charge in [0, 0.05) is 38.4 Å². The third-order valence-corrected chi connectivity index (χ3v) is 6.79. The highest BCUT2D eigenvalue weighted by Crippen LogP contribution is 2.28. The number of nitrogens with two attached hydrogens (primary N) is 1. The van der Waals surface area contributed by atoms with Crippen LogP contribution >= 0.6 is 11.3 Å². The van der Waals surface area contributed by atoms with Gasteiger partial charge in [-0.1, -0.05) is 12.1 Å². The van der Waals surface area contributed by atoms with Crippen molar-refractivity contribution in [2.24, 2.45) is 16.6 Å². The van der Waals surface area contributed by atoms with Gasteiger partial charge in [-0.2, -0.15) is 0 Å². The quantitative estimate of drug-likeness (QED) is 0.228. The lowest BCUT2D eigenvalue weighted by atomic mass is 9.95. The molecule has 39 heavy (non-hydrogen) atoms. The number of benzene rings is 1. The predicted molar refractivity (Wildman–Crippen MR) is 148 cm³/mol. The van der Waals surface area contributed by atoms with Crippen LogP contribution in [0.15, 0.2) is 29.3 Å². The summed E-state index contributed by atoms with van der Waals surface area (Å²) in [4.78, 5) is 57.0. The van der Waals surface area contributed by atoms with Gasteiger partial charge in [-0.05, 0) is 56.5 Å². The molecule has 0 spiro atoms. The topological polar surface area (TPSA) is 191 Å². The lowest BCUT2D eigenvalue weighted by Gasteiger charge is -2.32. The summed E-state index contributed by atoms with van der Waals surface area (Å²) < 4.78 is 0. The maximum atomic E-state index is 12.3. The van der Waals surface area contributed by atoms with Crippen molar-refractivity contribution in [2.75, 3.05) is 32.5 Å². The van der Waals surface area contributed by atoms with Crippen molar-refractivity contribution in [3.05, 3.63) is 40.4 Å². The maximum absolute atomic E-state index is 12.3. The number of piperidine rings is 1. The number of anilines is 1. The van der Waals surface area contributed by atoms with E-state index in [1.165, 1.54) is 18.3 Å². The number of aromatic nitrogens is 1. The number of likely N-dealkylation sites (tertiary alicyclic amines) is 1. The molecule has 0 saturated carbocycles. The normalized spacial score (nSPS) is 13.8. The van der Waals surface area contributed by atoms with E-state index in [-0.39, 0.29) is 17.7 Å². The first kappa shape index (κ1) is 31.2. The van der Waals surface area contributed by atoms with Crippen LogP contribution < -0.4 is 16.4 Å². The molecule has 0 aliphatic carbocycles. The Labute approximate surface area is 230 Å². The molecular formula is C25H35N7O6S. The van der Waals surface area contributed by atoms with Gasteiger partial charge in [-0.3, -0.25) is 19.8 Å². The first-order chi connectivity index (χ1) is 18.4. The number of hydrogen-bond acceptors (Lipinski definition) is 8. The van der Waals surface area contributed by atoms with E-state index in [2.05, 4.69) is 31.2 Å². The number of nitrogens with one attached hydrogen (secondary N) is 2. The molecule has 212 valence electrons. The first-order valence-electron chi connectivity index (χ1n) is 12.2. The average Bonchev–Trinajstić information content (AvgIpc) is 3.23. The van der Waals surface area contributed by atoms with E-state index in [0.717, 1.165) is 67.8 Å². The molecule has 6 N–H and O–H groups in total. The Balaban J connectivity index is 0.00000124. The van der Waals surface area contributed by atoms with Crippen LogP contribution in [0.1, 0.15) is 35.9 Å². The number of carboxylic acid groups (broad SMARTS) is 2. The van der Waals surface area contributed by atoms with Crippen LogP contribution in [0.2, 0.25) is 0 Å². The zero-order valence-corrected chi connectivity index (χ0v) is 23.0. The summed E-state index contributed by atoms with van der Waals surface area (Å²) in [6, 6.07) is 7.58. The number of carbonyl (C=O) groups is 4. The van der Waals surface area contributed by atoms with Crippen LogP contribution in [-0.2, 0) is 29.0 Å². The maximum Gasteiger partial charge on any atom is 0.409 e. The number of aliphatic imine (C=N–C) groups is 1. The van der Waals surface area contributed by atoms with Crippen LogP contribution in [0, 0.1) is 5.92 Å². The molecule has 2 heterocycles. The van der Waals surface area contributed by atoms with Crippen molar-refractivity contribution < 1.29 is 29.4 Å². The minimum atomic E-state index is -1.33. The molecule has 13 nitrogen and oxygen atoms in total. The summed E-state index contributed by atoms with van der Waals surface area (Å²) in [7, 11) is 3.61. The molecule has 1 aliphatic heterocycles. The van der Waals surface area contributed by atoms with E-state index in [1.807, 2.05) is 24.3 Å². The molecule has 1 aliphatic rings. The number of carbonyl (C=O) groups excluding carboxylic acids is 2. The van der Waals surface area contributed by atoms with Crippen molar-refractivity contribution in [1.82, 2.24) is 20.1 Å². The minimum absolute atomic E-state index is 0.0873. The van der Waals surface area contributed by atoms with Crippen LogP contribution in [0.5, 0.6) is 0 Å². The fourth-order valence-electron chi connectivity index (χ4n) is 3.99. The molecule has 0 radical (unpaired) electrons. The van der Waals surface area contributed by atoms with Gasteiger partial charge >= 0.3 is 12.2 Å². The Hall–Kier alpha value is -4.04. The summed E-state index contributed by atoms with van der Waals surface area (Å²) in [6.45, 7) is 3.94. The standard InChI is InChI=1S/C24H32N6O4S.CH3NO2/c1-16(31)27-23-28-20(9-6-17-4-7-19(8-5-17)25-15-26-24(33)34)21(35-23)14-30-12-10-18(11-13-30)22(32)29(2)3;2-1(3)4/h4-5,7-8,15,18H,6,9-14H2,1-3H3,(H,25,26)(H,33,34)(H,27,28,31);2H2,(H,3,4). The molecule has 0 atom stereocenters. The summed E-state index contributed by atoms with van der Waals surface area (Å²) >= 11 is 1.51. The summed E-state index contributed by atoms with van der Waals surface area (Å²) in [5, 5.41) is 21.3. The fourth-order valence-corrected chi connectivity index (χ4v) is 5.08. The van der Waals surface area contributed by atoms with Crippen LogP contribution in [-0.4, -0.2) is 82.5 Å². The number of primary amides is 1. The highest BCUT2D eigenvalue weighted by Gasteiger charge is 2.27. The fraction of sp³-hybridized carbons (Fsp3) is 0.440. The smallest absolute Gasteiger partial charge is 0.409 e. The zero-order chi connectivity index (χ0) is 28.9. The van der Waals surface area contributed by atoms with E-state index in [1.54, 1.807) is 19.0 Å². The molecule has 1 fully saturated rings. The molecular weight excluding hydrogens is 526 g/mol. The van der Waals surface area contributed by atoms with Crippen molar-refractivity contribution in [3.63, 3.8) is 0 Å². The molecule has 3 rings (SSSR count). The Morgan fingerprint density at radius 2 is 1.77 bits per heavy atom. The lowest BCUT2D eigenvalue weighted by Crippen LogP contribution is -2.39. The second-order valence-corrected chi connectivity index (χ2v) is 10.1. The van der Waals surface area contributed by atoms with E-state index < -0.39 is 12.2 Å². The predicted octanol–water partition coefficient (Wildman–Crippen LogP) is 2.74. The molecule has 0 unspecified atom stereocenters. The highest BCUT2D eigenvalue weighted by molar-refractivity contribution is 7.15. The van der Waals surface area contributed by atoms with Gasteiger partial charge in [0.2, 0.25) is 11.8 Å². The monoisotopic (exact) mass is 561 g/mol. The number of rotatable bonds is 9. The third kappa shape index (κ3) is 11.5. The number of aryl methyl sites for hydroxylation is 2. The van der Waals surface area contributed by atoms with Gasteiger partial charge in [0.05, 0.1) is 17.7 Å². The Morgan fingerprint density at radius 3 is 2.31 bits per heavy atom. The van der Waals surface area contributed by atoms with Crippen LogP contribution in [0.25, 0.3) is 0 Å². The second-order valence-electron chi connectivity index (χ2n) is 9.07. The summed E-state index contributed by atoms with van der Waals surface area (Å²) in [6.07, 6.45) is 1.84. The van der Waals surface area contributed by atoms with Crippen LogP contribution in [0.4, 0.5) is 20.4 Å². The van der Waals surface area contributed by atoms with Crippen molar-refractivity contribution in [2.45, 2.75) is 39.2 Å². The third-order valence-electron chi connectivity index (χ3n) is 5.79. The highest BCUT2D eigenvalue weighted by atomic mass is 32.1. The van der Waals surface area contributed by atoms with Gasteiger partial charge in [-0.15, -0.1) is 11.3 Å². The Bertz CT molecular complexity index is 1150.